The number of unbranched alkanes of at least 4 members (excludes halogenated alkanes) is 1. The molecule has 4 atom stereocenters. The molecule has 0 aliphatic heterocycles. The van der Waals surface area contributed by atoms with Gasteiger partial charge in [0, 0.05) is 5.75 Å². The van der Waals surface area contributed by atoms with E-state index in [9.17, 15) is 29.1 Å². The molecule has 0 spiro atoms. The summed E-state index contributed by atoms with van der Waals surface area (Å²) in [4.78, 5) is 59.9. The standard InChI is InChI=1S/C19H36N6O6S/c1-10(2)7-13(24-16(27)11(21)8-15(22)26)17(28)25-14(9-32)18(29)23-12(19(30)31)5-3-4-6-20/h10-14,32H,3-9,20-21H2,1-2H3,(H2,22,26)(H,23,29)(H,24,27)(H,25,28)(H,30,31). The van der Waals surface area contributed by atoms with Crippen molar-refractivity contribution >= 4 is 42.2 Å². The minimum absolute atomic E-state index is 0.000582. The number of carbonyl (C=O) groups is 5. The third-order valence-corrected chi connectivity index (χ3v) is 4.84. The SMILES string of the molecule is CC(C)CC(NC(=O)C(N)CC(N)=O)C(=O)NC(CS)C(=O)NC(CCCCN)C(=O)O. The van der Waals surface area contributed by atoms with Crippen LogP contribution in [0.15, 0.2) is 0 Å². The average molecular weight is 477 g/mol. The number of rotatable bonds is 16. The van der Waals surface area contributed by atoms with Crippen LogP contribution in [0.2, 0.25) is 0 Å². The van der Waals surface area contributed by atoms with Crippen LogP contribution in [0.1, 0.15) is 46.0 Å². The van der Waals surface area contributed by atoms with E-state index in [-0.39, 0.29) is 30.9 Å². The van der Waals surface area contributed by atoms with Crippen molar-refractivity contribution in [2.24, 2.45) is 23.1 Å². The van der Waals surface area contributed by atoms with Gasteiger partial charge in [-0.1, -0.05) is 13.8 Å². The van der Waals surface area contributed by atoms with Crippen LogP contribution >= 0.6 is 12.6 Å². The van der Waals surface area contributed by atoms with Crippen molar-refractivity contribution in [3.8, 4) is 0 Å². The lowest BCUT2D eigenvalue weighted by atomic mass is 10.0. The topological polar surface area (TPSA) is 220 Å². The van der Waals surface area contributed by atoms with Crippen molar-refractivity contribution in [1.29, 1.82) is 0 Å². The first kappa shape index (κ1) is 29.6. The highest BCUT2D eigenvalue weighted by atomic mass is 32.1. The van der Waals surface area contributed by atoms with Crippen LogP contribution < -0.4 is 33.2 Å². The zero-order valence-corrected chi connectivity index (χ0v) is 19.4. The molecular weight excluding hydrogens is 440 g/mol. The van der Waals surface area contributed by atoms with E-state index < -0.39 is 53.8 Å². The minimum Gasteiger partial charge on any atom is -0.480 e. The van der Waals surface area contributed by atoms with Crippen LogP contribution in [-0.2, 0) is 24.0 Å². The molecule has 0 aromatic rings. The Morgan fingerprint density at radius 3 is 1.91 bits per heavy atom. The fourth-order valence-corrected chi connectivity index (χ4v) is 3.04. The van der Waals surface area contributed by atoms with Gasteiger partial charge in [-0.15, -0.1) is 0 Å². The van der Waals surface area contributed by atoms with Crippen molar-refractivity contribution in [1.82, 2.24) is 16.0 Å². The molecule has 0 aromatic heterocycles. The third-order valence-electron chi connectivity index (χ3n) is 4.48. The Morgan fingerprint density at radius 1 is 0.906 bits per heavy atom. The van der Waals surface area contributed by atoms with Crippen molar-refractivity contribution in [3.05, 3.63) is 0 Å². The number of hydrogen-bond donors (Lipinski definition) is 8. The number of primary amides is 1. The van der Waals surface area contributed by atoms with Crippen LogP contribution in [-0.4, -0.2) is 71.2 Å². The van der Waals surface area contributed by atoms with E-state index in [0.717, 1.165) is 0 Å². The van der Waals surface area contributed by atoms with Crippen LogP contribution in [0.5, 0.6) is 0 Å². The van der Waals surface area contributed by atoms with Gasteiger partial charge < -0.3 is 38.3 Å². The molecule has 0 fully saturated rings. The molecule has 4 unspecified atom stereocenters. The molecule has 4 amide bonds. The molecule has 0 saturated heterocycles. The maximum Gasteiger partial charge on any atom is 0.326 e. The summed E-state index contributed by atoms with van der Waals surface area (Å²) in [7, 11) is 0. The van der Waals surface area contributed by atoms with Crippen molar-refractivity contribution in [2.45, 2.75) is 70.1 Å². The summed E-state index contributed by atoms with van der Waals surface area (Å²) in [6, 6.07) is -4.51. The smallest absolute Gasteiger partial charge is 0.326 e. The van der Waals surface area contributed by atoms with Gasteiger partial charge >= 0.3 is 5.97 Å². The number of aliphatic carboxylic acids is 1. The van der Waals surface area contributed by atoms with E-state index in [0.29, 0.717) is 19.4 Å². The van der Waals surface area contributed by atoms with Gasteiger partial charge in [0.15, 0.2) is 0 Å². The monoisotopic (exact) mass is 476 g/mol. The Bertz CT molecular complexity index is 662. The average Bonchev–Trinajstić information content (AvgIpc) is 2.69. The molecule has 0 aliphatic rings. The Labute approximate surface area is 193 Å². The van der Waals surface area contributed by atoms with Gasteiger partial charge in [0.05, 0.1) is 12.5 Å². The lowest BCUT2D eigenvalue weighted by molar-refractivity contribution is -0.142. The Hall–Kier alpha value is -2.38. The van der Waals surface area contributed by atoms with E-state index in [2.05, 4.69) is 28.6 Å². The summed E-state index contributed by atoms with van der Waals surface area (Å²) in [6.07, 6.45) is 1.17. The number of thiol groups is 1. The highest BCUT2D eigenvalue weighted by Gasteiger charge is 2.30. The van der Waals surface area contributed by atoms with E-state index in [1.54, 1.807) is 0 Å². The number of carboxylic acid groups (broad SMARTS) is 1. The van der Waals surface area contributed by atoms with Gasteiger partial charge in [-0.05, 0) is 38.1 Å². The highest BCUT2D eigenvalue weighted by Crippen LogP contribution is 2.07. The van der Waals surface area contributed by atoms with Gasteiger partial charge in [0.1, 0.15) is 18.1 Å². The number of hydrogen-bond acceptors (Lipinski definition) is 8. The van der Waals surface area contributed by atoms with E-state index in [1.165, 1.54) is 0 Å². The first-order chi connectivity index (χ1) is 14.9. The molecule has 184 valence electrons. The second-order valence-corrected chi connectivity index (χ2v) is 8.26. The van der Waals surface area contributed by atoms with Gasteiger partial charge in [0.2, 0.25) is 23.6 Å². The van der Waals surface area contributed by atoms with E-state index in [4.69, 9.17) is 17.2 Å². The Kier molecular flexibility index (Phi) is 14.3. The summed E-state index contributed by atoms with van der Waals surface area (Å²) < 4.78 is 0. The normalized spacial score (nSPS) is 14.7. The first-order valence-corrected chi connectivity index (χ1v) is 11.0. The fourth-order valence-electron chi connectivity index (χ4n) is 2.78. The third kappa shape index (κ3) is 11.9. The second-order valence-electron chi connectivity index (χ2n) is 7.90. The molecule has 0 heterocycles. The van der Waals surface area contributed by atoms with Gasteiger partial charge in [-0.3, -0.25) is 19.2 Å². The molecule has 10 N–H and O–H groups in total. The number of nitrogens with two attached hydrogens (primary N) is 3. The molecule has 12 nitrogen and oxygen atoms in total. The molecule has 0 radical (unpaired) electrons. The lowest BCUT2D eigenvalue weighted by Gasteiger charge is -2.25. The molecule has 32 heavy (non-hydrogen) atoms. The van der Waals surface area contributed by atoms with Crippen LogP contribution in [0, 0.1) is 5.92 Å². The van der Waals surface area contributed by atoms with Gasteiger partial charge in [0.25, 0.3) is 0 Å². The Morgan fingerprint density at radius 2 is 1.44 bits per heavy atom. The largest absolute Gasteiger partial charge is 0.480 e. The summed E-state index contributed by atoms with van der Waals surface area (Å²) in [5.74, 6) is -4.17. The minimum atomic E-state index is -1.22. The van der Waals surface area contributed by atoms with Crippen molar-refractivity contribution < 1.29 is 29.1 Å². The molecule has 0 rings (SSSR count). The fraction of sp³-hybridized carbons (Fsp3) is 0.737. The second kappa shape index (κ2) is 15.4. The van der Waals surface area contributed by atoms with Gasteiger partial charge in [-0.2, -0.15) is 12.6 Å². The van der Waals surface area contributed by atoms with Crippen molar-refractivity contribution in [3.63, 3.8) is 0 Å². The van der Waals surface area contributed by atoms with E-state index >= 15 is 0 Å². The number of nitrogens with one attached hydrogen (secondary N) is 3. The maximum atomic E-state index is 12.8. The molecule has 13 heteroatoms. The van der Waals surface area contributed by atoms with Crippen LogP contribution in [0.25, 0.3) is 0 Å². The molecule has 0 saturated carbocycles. The first-order valence-electron chi connectivity index (χ1n) is 10.4. The summed E-state index contributed by atoms with van der Waals surface area (Å²) in [6.45, 7) is 4.07. The van der Waals surface area contributed by atoms with E-state index in [1.807, 2.05) is 13.8 Å². The quantitative estimate of drug-likeness (QED) is 0.0902. The summed E-state index contributed by atoms with van der Waals surface area (Å²) >= 11 is 4.07. The molecule has 0 aliphatic carbocycles. The van der Waals surface area contributed by atoms with Crippen LogP contribution in [0.3, 0.4) is 0 Å². The van der Waals surface area contributed by atoms with Gasteiger partial charge in [-0.25, -0.2) is 4.79 Å². The predicted molar refractivity (Wildman–Crippen MR) is 121 cm³/mol. The number of carboxylic acids is 1. The Balaban J connectivity index is 5.19. The summed E-state index contributed by atoms with van der Waals surface area (Å²) in [5, 5.41) is 16.7. The predicted octanol–water partition coefficient (Wildman–Crippen LogP) is -2.17. The maximum absolute atomic E-state index is 12.8. The zero-order valence-electron chi connectivity index (χ0n) is 18.5. The number of amides is 4. The highest BCUT2D eigenvalue weighted by molar-refractivity contribution is 7.80. The zero-order chi connectivity index (χ0) is 24.8. The number of carbonyl (C=O) groups excluding carboxylic acids is 4. The summed E-state index contributed by atoms with van der Waals surface area (Å²) in [5.41, 5.74) is 16.1. The molecular formula is C19H36N6O6S. The molecule has 0 bridgehead atoms. The lowest BCUT2D eigenvalue weighted by Crippen LogP contribution is -2.58. The van der Waals surface area contributed by atoms with Crippen LogP contribution in [0.4, 0.5) is 0 Å². The van der Waals surface area contributed by atoms with Crippen molar-refractivity contribution in [2.75, 3.05) is 12.3 Å². The molecule has 0 aromatic carbocycles.